The summed E-state index contributed by atoms with van der Waals surface area (Å²) in [6.45, 7) is 0.130. The first kappa shape index (κ1) is 23.3. The number of ether oxygens (including phenoxy) is 2. The highest BCUT2D eigenvalue weighted by atomic mass is 32.2. The van der Waals surface area contributed by atoms with Gasteiger partial charge in [-0.15, -0.1) is 13.2 Å². The Morgan fingerprint density at radius 3 is 2.20 bits per heavy atom. The first-order valence-electron chi connectivity index (χ1n) is 7.81. The fourth-order valence-electron chi connectivity index (χ4n) is 1.98. The van der Waals surface area contributed by atoms with Gasteiger partial charge < -0.3 is 19.0 Å². The molecule has 1 heterocycles. The average molecular weight is 461 g/mol. The van der Waals surface area contributed by atoms with Gasteiger partial charge in [-0.2, -0.15) is 31.6 Å². The third kappa shape index (κ3) is 6.82. The number of rotatable bonds is 8. The number of anilines is 1. The van der Waals surface area contributed by atoms with Crippen molar-refractivity contribution in [3.05, 3.63) is 35.9 Å². The van der Waals surface area contributed by atoms with Gasteiger partial charge in [-0.3, -0.25) is 0 Å². The summed E-state index contributed by atoms with van der Waals surface area (Å²) in [6, 6.07) is 5.35. The van der Waals surface area contributed by atoms with E-state index in [1.807, 2.05) is 0 Å². The van der Waals surface area contributed by atoms with Gasteiger partial charge >= 0.3 is 28.0 Å². The molecule has 0 saturated carbocycles. The number of hydrogen-bond acceptors (Lipinski definition) is 8. The van der Waals surface area contributed by atoms with Crippen LogP contribution in [0.1, 0.15) is 5.56 Å². The van der Waals surface area contributed by atoms with Crippen LogP contribution in [0.4, 0.5) is 32.2 Å². The van der Waals surface area contributed by atoms with Crippen molar-refractivity contribution in [2.24, 2.45) is 0 Å². The molecule has 0 radical (unpaired) electrons. The minimum absolute atomic E-state index is 0.105. The Labute approximate surface area is 165 Å². The quantitative estimate of drug-likeness (QED) is 0.363. The van der Waals surface area contributed by atoms with E-state index in [2.05, 4.69) is 28.9 Å². The summed E-state index contributed by atoms with van der Waals surface area (Å²) in [7, 11) is -4.84. The van der Waals surface area contributed by atoms with Gasteiger partial charge in [-0.25, -0.2) is 0 Å². The van der Waals surface area contributed by atoms with E-state index in [1.54, 1.807) is 0 Å². The van der Waals surface area contributed by atoms with E-state index in [9.17, 15) is 34.8 Å². The first-order chi connectivity index (χ1) is 13.8. The van der Waals surface area contributed by atoms with E-state index >= 15 is 0 Å². The van der Waals surface area contributed by atoms with Crippen molar-refractivity contribution in [1.29, 1.82) is 0 Å². The maximum Gasteiger partial charge on any atom is 0.573 e. The maximum atomic E-state index is 12.4. The molecule has 0 bridgehead atoms. The van der Waals surface area contributed by atoms with Gasteiger partial charge in [-0.1, -0.05) is 12.1 Å². The molecule has 0 amide bonds. The van der Waals surface area contributed by atoms with Gasteiger partial charge in [0, 0.05) is 12.6 Å². The van der Waals surface area contributed by atoms with Crippen LogP contribution in [0.15, 0.2) is 30.3 Å². The Kier molecular flexibility index (Phi) is 6.84. The molecule has 1 aromatic heterocycles. The molecular formula is C15H13F6N3O5S. The standard InChI is InChI=1S/C15H13F6N3O5S/c1-27-13-23-11(8-12(24-13)29-30(25,26)15(19,20)21)22-7-6-9-2-4-10(5-3-9)28-14(16,17)18/h2-5,8H,6-7H2,1H3,(H,22,23,24). The van der Waals surface area contributed by atoms with Crippen LogP contribution in [0.3, 0.4) is 0 Å². The Morgan fingerprint density at radius 1 is 1.03 bits per heavy atom. The van der Waals surface area contributed by atoms with Crippen LogP contribution < -0.4 is 19.0 Å². The molecule has 0 atom stereocenters. The molecule has 0 saturated heterocycles. The summed E-state index contributed by atoms with van der Waals surface area (Å²) in [5, 5.41) is 2.69. The number of nitrogens with one attached hydrogen (secondary N) is 1. The molecule has 0 aliphatic heterocycles. The molecule has 2 rings (SSSR count). The molecule has 166 valence electrons. The lowest BCUT2D eigenvalue weighted by Gasteiger charge is -2.12. The highest BCUT2D eigenvalue weighted by molar-refractivity contribution is 7.87. The van der Waals surface area contributed by atoms with Gasteiger partial charge in [-0.05, 0) is 24.1 Å². The fourth-order valence-corrected chi connectivity index (χ4v) is 2.39. The molecule has 8 nitrogen and oxygen atoms in total. The van der Waals surface area contributed by atoms with Gasteiger partial charge in [0.05, 0.1) is 7.11 Å². The van der Waals surface area contributed by atoms with Crippen molar-refractivity contribution in [2.75, 3.05) is 19.0 Å². The SMILES string of the molecule is COc1nc(NCCc2ccc(OC(F)(F)F)cc2)cc(OS(=O)(=O)C(F)(F)F)n1. The zero-order valence-electron chi connectivity index (χ0n) is 14.9. The highest BCUT2D eigenvalue weighted by Crippen LogP contribution is 2.28. The van der Waals surface area contributed by atoms with Gasteiger partial charge in [0.2, 0.25) is 5.88 Å². The zero-order chi connectivity index (χ0) is 22.6. The van der Waals surface area contributed by atoms with Crippen LogP contribution >= 0.6 is 0 Å². The summed E-state index contributed by atoms with van der Waals surface area (Å²) in [5.41, 5.74) is -5.05. The van der Waals surface area contributed by atoms with Crippen molar-refractivity contribution in [2.45, 2.75) is 18.3 Å². The largest absolute Gasteiger partial charge is 0.573 e. The maximum absolute atomic E-state index is 12.4. The average Bonchev–Trinajstić information content (AvgIpc) is 2.60. The number of hydrogen-bond donors (Lipinski definition) is 1. The molecule has 0 aliphatic rings. The van der Waals surface area contributed by atoms with Crippen molar-refractivity contribution in [3.8, 4) is 17.6 Å². The molecule has 0 fully saturated rings. The van der Waals surface area contributed by atoms with Crippen LogP contribution in [0.5, 0.6) is 17.6 Å². The van der Waals surface area contributed by atoms with Gasteiger partial charge in [0.25, 0.3) is 0 Å². The van der Waals surface area contributed by atoms with Gasteiger partial charge in [0.15, 0.2) is 0 Å². The summed E-state index contributed by atoms with van der Waals surface area (Å²) < 4.78 is 108. The van der Waals surface area contributed by atoms with Crippen molar-refractivity contribution >= 4 is 15.9 Å². The first-order valence-corrected chi connectivity index (χ1v) is 9.22. The summed E-state index contributed by atoms with van der Waals surface area (Å²) >= 11 is 0. The van der Waals surface area contributed by atoms with Crippen LogP contribution in [0.25, 0.3) is 0 Å². The summed E-state index contributed by atoms with van der Waals surface area (Å²) in [5.74, 6) is -1.42. The van der Waals surface area contributed by atoms with E-state index in [0.29, 0.717) is 5.56 Å². The Balaban J connectivity index is 2.03. The second-order valence-corrected chi connectivity index (χ2v) is 6.97. The monoisotopic (exact) mass is 461 g/mol. The third-order valence-electron chi connectivity index (χ3n) is 3.22. The number of methoxy groups -OCH3 is 1. The number of halogens is 6. The number of nitrogens with zero attached hydrogens (tertiary/aromatic N) is 2. The second-order valence-electron chi connectivity index (χ2n) is 5.43. The highest BCUT2D eigenvalue weighted by Gasteiger charge is 2.49. The molecule has 0 spiro atoms. The van der Waals surface area contributed by atoms with Crippen LogP contribution in [-0.2, 0) is 16.5 Å². The molecule has 15 heteroatoms. The van der Waals surface area contributed by atoms with Crippen molar-refractivity contribution in [1.82, 2.24) is 9.97 Å². The Morgan fingerprint density at radius 2 is 1.67 bits per heavy atom. The zero-order valence-corrected chi connectivity index (χ0v) is 15.7. The lowest BCUT2D eigenvalue weighted by molar-refractivity contribution is -0.274. The Hall–Kier alpha value is -2.97. The third-order valence-corrected chi connectivity index (χ3v) is 4.18. The molecule has 0 unspecified atom stereocenters. The topological polar surface area (TPSA) is 99.6 Å². The lowest BCUT2D eigenvalue weighted by atomic mass is 10.1. The second kappa shape index (κ2) is 8.81. The molecule has 2 aromatic rings. The molecule has 1 N–H and O–H groups in total. The minimum atomic E-state index is -5.94. The molecule has 30 heavy (non-hydrogen) atoms. The smallest absolute Gasteiger partial charge is 0.467 e. The summed E-state index contributed by atoms with van der Waals surface area (Å²) in [6.07, 6.45) is -4.54. The number of aromatic nitrogens is 2. The molecular weight excluding hydrogens is 448 g/mol. The predicted molar refractivity (Wildman–Crippen MR) is 89.5 cm³/mol. The summed E-state index contributed by atoms with van der Waals surface area (Å²) in [4.78, 5) is 7.16. The predicted octanol–water partition coefficient (Wildman–Crippen LogP) is 3.27. The molecule has 1 aromatic carbocycles. The molecule has 0 aliphatic carbocycles. The van der Waals surface area contributed by atoms with Crippen LogP contribution in [0, 0.1) is 0 Å². The van der Waals surface area contributed by atoms with Crippen molar-refractivity contribution in [3.63, 3.8) is 0 Å². The van der Waals surface area contributed by atoms with E-state index in [-0.39, 0.29) is 18.8 Å². The normalized spacial score (nSPS) is 12.4. The lowest BCUT2D eigenvalue weighted by Crippen LogP contribution is -2.28. The van der Waals surface area contributed by atoms with E-state index in [4.69, 9.17) is 0 Å². The van der Waals surface area contributed by atoms with Crippen molar-refractivity contribution < 1.29 is 48.4 Å². The Bertz CT molecular complexity index is 964. The van der Waals surface area contributed by atoms with E-state index in [1.165, 1.54) is 12.1 Å². The minimum Gasteiger partial charge on any atom is -0.467 e. The van der Waals surface area contributed by atoms with Crippen LogP contribution in [0.2, 0.25) is 0 Å². The van der Waals surface area contributed by atoms with Gasteiger partial charge in [0.1, 0.15) is 11.6 Å². The van der Waals surface area contributed by atoms with E-state index < -0.39 is 39.6 Å². The number of benzene rings is 1. The number of alkyl halides is 6. The fraction of sp³-hybridized carbons (Fsp3) is 0.333. The van der Waals surface area contributed by atoms with Crippen LogP contribution in [-0.4, -0.2) is 43.9 Å². The van der Waals surface area contributed by atoms with E-state index in [0.717, 1.165) is 25.3 Å².